The van der Waals surface area contributed by atoms with Crippen molar-refractivity contribution in [3.8, 4) is 0 Å². The van der Waals surface area contributed by atoms with Crippen molar-refractivity contribution in [2.75, 3.05) is 0 Å². The van der Waals surface area contributed by atoms with Gasteiger partial charge in [-0.25, -0.2) is 0 Å². The third-order valence-corrected chi connectivity index (χ3v) is 2.12. The van der Waals surface area contributed by atoms with E-state index in [1.54, 1.807) is 10.8 Å². The van der Waals surface area contributed by atoms with Gasteiger partial charge in [0.25, 0.3) is 0 Å². The molecule has 1 heterocycles. The van der Waals surface area contributed by atoms with Crippen LogP contribution in [0.15, 0.2) is 17.8 Å². The zero-order valence-corrected chi connectivity index (χ0v) is 7.53. The highest BCUT2D eigenvalue weighted by Crippen LogP contribution is 2.18. The second-order valence-corrected chi connectivity index (χ2v) is 3.33. The fraction of sp³-hybridized carbons (Fsp3) is 0.444. The number of rotatable bonds is 2. The Bertz CT molecular complexity index is 365. The van der Waals surface area contributed by atoms with Crippen LogP contribution in [0.3, 0.4) is 0 Å². The zero-order chi connectivity index (χ0) is 9.26. The van der Waals surface area contributed by atoms with Crippen LogP contribution in [0.1, 0.15) is 18.5 Å². The Labute approximate surface area is 76.2 Å². The maximum atomic E-state index is 10.9. The number of allylic oxidation sites excluding steroid dienone is 2. The molecule has 0 aromatic carbocycles. The van der Waals surface area contributed by atoms with Crippen molar-refractivity contribution in [3.05, 3.63) is 23.5 Å². The Hall–Kier alpha value is -1.45. The van der Waals surface area contributed by atoms with Crippen LogP contribution < -0.4 is 0 Å². The van der Waals surface area contributed by atoms with Gasteiger partial charge < -0.3 is 0 Å². The summed E-state index contributed by atoms with van der Waals surface area (Å²) in [6.45, 7) is 0. The minimum Gasteiger partial charge on any atom is -0.295 e. The van der Waals surface area contributed by atoms with Crippen molar-refractivity contribution in [1.29, 1.82) is 0 Å². The normalized spacial score (nSPS) is 16.4. The van der Waals surface area contributed by atoms with E-state index >= 15 is 0 Å². The summed E-state index contributed by atoms with van der Waals surface area (Å²) in [4.78, 5) is 10.9. The summed E-state index contributed by atoms with van der Waals surface area (Å²) in [5.41, 5.74) is 2.11. The predicted molar refractivity (Wildman–Crippen MR) is 47.0 cm³/mol. The molecule has 0 amide bonds. The molecule has 4 heteroatoms. The largest absolute Gasteiger partial charge is 0.295 e. The van der Waals surface area contributed by atoms with Crippen LogP contribution in [-0.4, -0.2) is 20.8 Å². The maximum Gasteiger partial charge on any atom is 0.155 e. The number of aromatic nitrogens is 3. The smallest absolute Gasteiger partial charge is 0.155 e. The molecule has 1 aromatic rings. The highest BCUT2D eigenvalue weighted by Gasteiger charge is 2.13. The van der Waals surface area contributed by atoms with E-state index in [9.17, 15) is 4.79 Å². The SMILES string of the molecule is Cn1cc(CC2=CC(=O)CC2)nn1. The van der Waals surface area contributed by atoms with Gasteiger partial charge in [-0.1, -0.05) is 10.8 Å². The third-order valence-electron chi connectivity index (χ3n) is 2.12. The standard InChI is InChI=1S/C9H11N3O/c1-12-6-8(10-11-12)4-7-2-3-9(13)5-7/h5-6H,2-4H2,1H3. The Kier molecular flexibility index (Phi) is 1.96. The first-order valence-corrected chi connectivity index (χ1v) is 4.31. The van der Waals surface area contributed by atoms with Crippen LogP contribution in [-0.2, 0) is 18.3 Å². The summed E-state index contributed by atoms with van der Waals surface area (Å²) in [6, 6.07) is 0. The van der Waals surface area contributed by atoms with Gasteiger partial charge in [-0.2, -0.15) is 0 Å². The van der Waals surface area contributed by atoms with Gasteiger partial charge in [-0.05, 0) is 12.5 Å². The molecule has 68 valence electrons. The van der Waals surface area contributed by atoms with E-state index in [2.05, 4.69) is 10.3 Å². The lowest BCUT2D eigenvalue weighted by Gasteiger charge is -1.94. The van der Waals surface area contributed by atoms with E-state index in [1.165, 1.54) is 5.57 Å². The Balaban J connectivity index is 2.06. The minimum atomic E-state index is 0.235. The topological polar surface area (TPSA) is 47.8 Å². The van der Waals surface area contributed by atoms with Crippen LogP contribution >= 0.6 is 0 Å². The van der Waals surface area contributed by atoms with Crippen molar-refractivity contribution < 1.29 is 4.79 Å². The van der Waals surface area contributed by atoms with Crippen molar-refractivity contribution in [3.63, 3.8) is 0 Å². The van der Waals surface area contributed by atoms with Crippen molar-refractivity contribution in [2.45, 2.75) is 19.3 Å². The summed E-state index contributed by atoms with van der Waals surface area (Å²) in [6.07, 6.45) is 5.92. The lowest BCUT2D eigenvalue weighted by Crippen LogP contribution is -1.87. The first-order valence-electron chi connectivity index (χ1n) is 4.31. The van der Waals surface area contributed by atoms with Crippen LogP contribution in [0, 0.1) is 0 Å². The summed E-state index contributed by atoms with van der Waals surface area (Å²) in [5.74, 6) is 0.235. The summed E-state index contributed by atoms with van der Waals surface area (Å²) in [5, 5.41) is 7.80. The minimum absolute atomic E-state index is 0.235. The molecule has 0 aliphatic heterocycles. The number of ketones is 1. The van der Waals surface area contributed by atoms with E-state index in [0.717, 1.165) is 18.5 Å². The number of carbonyl (C=O) groups excluding carboxylic acids is 1. The van der Waals surface area contributed by atoms with Crippen molar-refractivity contribution >= 4 is 5.78 Å². The van der Waals surface area contributed by atoms with Gasteiger partial charge in [-0.3, -0.25) is 9.48 Å². The molecule has 0 fully saturated rings. The van der Waals surface area contributed by atoms with Gasteiger partial charge in [0.1, 0.15) is 0 Å². The summed E-state index contributed by atoms with van der Waals surface area (Å²) >= 11 is 0. The molecular formula is C9H11N3O. The molecule has 0 unspecified atom stereocenters. The molecule has 2 rings (SSSR count). The Morgan fingerprint density at radius 1 is 1.54 bits per heavy atom. The van der Waals surface area contributed by atoms with Gasteiger partial charge >= 0.3 is 0 Å². The maximum absolute atomic E-state index is 10.9. The van der Waals surface area contributed by atoms with Gasteiger partial charge in [0, 0.05) is 26.1 Å². The fourth-order valence-corrected chi connectivity index (χ4v) is 1.50. The molecule has 0 spiro atoms. The lowest BCUT2D eigenvalue weighted by molar-refractivity contribution is -0.114. The first-order chi connectivity index (χ1) is 6.24. The molecule has 0 saturated heterocycles. The molecule has 13 heavy (non-hydrogen) atoms. The number of hydrogen-bond donors (Lipinski definition) is 0. The highest BCUT2D eigenvalue weighted by atomic mass is 16.1. The highest BCUT2D eigenvalue weighted by molar-refractivity contribution is 5.92. The Morgan fingerprint density at radius 2 is 2.38 bits per heavy atom. The average Bonchev–Trinajstić information content (AvgIpc) is 2.62. The fourth-order valence-electron chi connectivity index (χ4n) is 1.50. The van der Waals surface area contributed by atoms with Gasteiger partial charge in [-0.15, -0.1) is 5.10 Å². The lowest BCUT2D eigenvalue weighted by atomic mass is 10.1. The molecular weight excluding hydrogens is 166 g/mol. The van der Waals surface area contributed by atoms with Crippen molar-refractivity contribution in [2.24, 2.45) is 7.05 Å². The third kappa shape index (κ3) is 1.83. The van der Waals surface area contributed by atoms with Gasteiger partial charge in [0.05, 0.1) is 5.69 Å². The van der Waals surface area contributed by atoms with E-state index in [-0.39, 0.29) is 5.78 Å². The number of hydrogen-bond acceptors (Lipinski definition) is 3. The van der Waals surface area contributed by atoms with Crippen LogP contribution in [0.2, 0.25) is 0 Å². The van der Waals surface area contributed by atoms with E-state index in [0.29, 0.717) is 6.42 Å². The molecule has 1 aliphatic carbocycles. The quantitative estimate of drug-likeness (QED) is 0.666. The molecule has 0 radical (unpaired) electrons. The number of carbonyl (C=O) groups is 1. The molecule has 1 aromatic heterocycles. The second-order valence-electron chi connectivity index (χ2n) is 3.33. The molecule has 4 nitrogen and oxygen atoms in total. The molecule has 0 bridgehead atoms. The Morgan fingerprint density at radius 3 is 2.92 bits per heavy atom. The monoisotopic (exact) mass is 177 g/mol. The van der Waals surface area contributed by atoms with Gasteiger partial charge in [0.2, 0.25) is 0 Å². The molecule has 0 saturated carbocycles. The number of nitrogens with zero attached hydrogens (tertiary/aromatic N) is 3. The van der Waals surface area contributed by atoms with Crippen LogP contribution in [0.5, 0.6) is 0 Å². The zero-order valence-electron chi connectivity index (χ0n) is 7.53. The van der Waals surface area contributed by atoms with Crippen molar-refractivity contribution in [1.82, 2.24) is 15.0 Å². The second kappa shape index (κ2) is 3.12. The van der Waals surface area contributed by atoms with E-state index < -0.39 is 0 Å². The molecule has 1 aliphatic rings. The van der Waals surface area contributed by atoms with Crippen LogP contribution in [0.25, 0.3) is 0 Å². The average molecular weight is 177 g/mol. The first kappa shape index (κ1) is 8.16. The molecule has 0 N–H and O–H groups in total. The van der Waals surface area contributed by atoms with Gasteiger partial charge in [0.15, 0.2) is 5.78 Å². The van der Waals surface area contributed by atoms with E-state index in [1.807, 2.05) is 13.2 Å². The number of aryl methyl sites for hydroxylation is 1. The summed E-state index contributed by atoms with van der Waals surface area (Å²) in [7, 11) is 1.84. The summed E-state index contributed by atoms with van der Waals surface area (Å²) < 4.78 is 1.67. The molecule has 0 atom stereocenters. The van der Waals surface area contributed by atoms with Crippen LogP contribution in [0.4, 0.5) is 0 Å². The van der Waals surface area contributed by atoms with E-state index in [4.69, 9.17) is 0 Å². The predicted octanol–water partition coefficient (Wildman–Crippen LogP) is 0.647.